The van der Waals surface area contributed by atoms with E-state index >= 15 is 0 Å². The summed E-state index contributed by atoms with van der Waals surface area (Å²) in [6.07, 6.45) is 2.68. The normalized spacial score (nSPS) is 15.3. The summed E-state index contributed by atoms with van der Waals surface area (Å²) in [6, 6.07) is 3.86. The molecule has 0 atom stereocenters. The van der Waals surface area contributed by atoms with Gasteiger partial charge in [-0.25, -0.2) is 19.0 Å². The van der Waals surface area contributed by atoms with Gasteiger partial charge in [0.15, 0.2) is 17.0 Å². The Bertz CT molecular complexity index is 1420. The highest BCUT2D eigenvalue weighted by Gasteiger charge is 2.34. The molecule has 2 aromatic heterocycles. The van der Waals surface area contributed by atoms with E-state index in [1.807, 2.05) is 0 Å². The van der Waals surface area contributed by atoms with Gasteiger partial charge in [-0.3, -0.25) is 13.9 Å². The van der Waals surface area contributed by atoms with Gasteiger partial charge in [-0.05, 0) is 62.3 Å². The number of imidazole rings is 1. The summed E-state index contributed by atoms with van der Waals surface area (Å²) >= 11 is 0. The number of carbonyl (C=O) groups is 1. The lowest BCUT2D eigenvalue weighted by atomic mass is 10.2. The Morgan fingerprint density at radius 3 is 2.66 bits per heavy atom. The number of halogens is 1. The predicted molar refractivity (Wildman–Crippen MR) is 113 cm³/mol. The first-order valence-electron chi connectivity index (χ1n) is 10.4. The minimum atomic E-state index is -0.728. The van der Waals surface area contributed by atoms with E-state index in [9.17, 15) is 18.8 Å². The van der Waals surface area contributed by atoms with Crippen molar-refractivity contribution in [2.45, 2.75) is 44.7 Å². The van der Waals surface area contributed by atoms with Crippen molar-refractivity contribution in [2.24, 2.45) is 0 Å². The molecule has 2 N–H and O–H groups in total. The lowest BCUT2D eigenvalue weighted by Gasteiger charge is -2.09. The Morgan fingerprint density at radius 1 is 1.25 bits per heavy atom. The van der Waals surface area contributed by atoms with E-state index in [0.717, 1.165) is 25.7 Å². The van der Waals surface area contributed by atoms with E-state index in [0.29, 0.717) is 11.2 Å². The van der Waals surface area contributed by atoms with E-state index in [1.54, 1.807) is 11.5 Å². The number of amides is 1. The quantitative estimate of drug-likeness (QED) is 0.608. The third-order valence-electron chi connectivity index (χ3n) is 5.45. The highest BCUT2D eigenvalue weighted by atomic mass is 19.1. The lowest BCUT2D eigenvalue weighted by Crippen LogP contribution is -2.39. The number of aryl methyl sites for hydroxylation is 1. The largest absolute Gasteiger partial charge is 0.413 e. The average Bonchev–Trinajstić information content (AvgIpc) is 3.67. The number of carbonyl (C=O) groups excluding carboxylic acids is 1. The van der Waals surface area contributed by atoms with Gasteiger partial charge in [-0.2, -0.15) is 0 Å². The molecule has 5 rings (SSSR count). The van der Waals surface area contributed by atoms with Crippen LogP contribution in [-0.2, 0) is 0 Å². The van der Waals surface area contributed by atoms with Crippen molar-refractivity contribution in [2.75, 3.05) is 6.54 Å². The second-order valence-electron chi connectivity index (χ2n) is 8.03. The van der Waals surface area contributed by atoms with Gasteiger partial charge in [-0.1, -0.05) is 5.92 Å². The second kappa shape index (κ2) is 7.67. The molecule has 10 heteroatoms. The molecule has 3 aromatic rings. The molecule has 164 valence electrons. The van der Waals surface area contributed by atoms with Crippen molar-refractivity contribution in [1.82, 2.24) is 24.4 Å². The average molecular weight is 437 g/mol. The fourth-order valence-electron chi connectivity index (χ4n) is 3.58. The molecular weight excluding hydrogens is 417 g/mol. The minimum absolute atomic E-state index is 0.0299. The van der Waals surface area contributed by atoms with Crippen molar-refractivity contribution in [3.05, 3.63) is 56.2 Å². The molecule has 0 saturated heterocycles. The van der Waals surface area contributed by atoms with Crippen molar-refractivity contribution in [3.63, 3.8) is 0 Å². The molecule has 32 heavy (non-hydrogen) atoms. The number of ether oxygens (including phenoxy) is 1. The zero-order valence-corrected chi connectivity index (χ0v) is 17.3. The number of H-pyrrole nitrogens is 1. The smallest absolute Gasteiger partial charge is 0.410 e. The number of benzene rings is 1. The van der Waals surface area contributed by atoms with E-state index in [1.165, 1.54) is 22.8 Å². The number of rotatable bonds is 4. The molecule has 2 aliphatic carbocycles. The van der Waals surface area contributed by atoms with E-state index in [-0.39, 0.29) is 47.0 Å². The van der Waals surface area contributed by atoms with Gasteiger partial charge in [0.1, 0.15) is 11.6 Å². The maximum atomic E-state index is 13.1. The third-order valence-corrected chi connectivity index (χ3v) is 5.45. The molecule has 2 saturated carbocycles. The zero-order valence-electron chi connectivity index (χ0n) is 17.3. The van der Waals surface area contributed by atoms with E-state index in [2.05, 4.69) is 27.1 Å². The third kappa shape index (κ3) is 3.77. The van der Waals surface area contributed by atoms with Gasteiger partial charge >= 0.3 is 11.8 Å². The van der Waals surface area contributed by atoms with Crippen LogP contribution >= 0.6 is 0 Å². The Hall–Kier alpha value is -3.87. The van der Waals surface area contributed by atoms with Gasteiger partial charge < -0.3 is 15.0 Å². The molecule has 0 spiro atoms. The van der Waals surface area contributed by atoms with Crippen molar-refractivity contribution in [3.8, 4) is 17.6 Å². The Morgan fingerprint density at radius 2 is 1.97 bits per heavy atom. The Kier molecular flexibility index (Phi) is 4.81. The van der Waals surface area contributed by atoms with Crippen LogP contribution in [0.15, 0.2) is 27.8 Å². The first kappa shape index (κ1) is 20.1. The number of nitrogens with one attached hydrogen (secondary N) is 2. The summed E-state index contributed by atoms with van der Waals surface area (Å²) in [6.45, 7) is 1.60. The topological polar surface area (TPSA) is 111 Å². The number of hydrogen-bond donors (Lipinski definition) is 2. The summed E-state index contributed by atoms with van der Waals surface area (Å²) in [5.74, 6) is 5.58. The van der Waals surface area contributed by atoms with E-state index < -0.39 is 11.9 Å². The van der Waals surface area contributed by atoms with E-state index in [4.69, 9.17) is 4.74 Å². The minimum Gasteiger partial charge on any atom is -0.410 e. The fourth-order valence-corrected chi connectivity index (χ4v) is 3.58. The summed E-state index contributed by atoms with van der Waals surface area (Å²) < 4.78 is 21.2. The SMILES string of the molecule is Cc1cc(F)ccc1OC(=O)NCC#Cc1nc2c([nH]1)c(=O)n(C1CC1)c(=O)n2C1CC1. The Balaban J connectivity index is 1.33. The van der Waals surface area contributed by atoms with Gasteiger partial charge in [-0.15, -0.1) is 0 Å². The molecule has 0 radical (unpaired) electrons. The van der Waals surface area contributed by atoms with Crippen LogP contribution in [0.5, 0.6) is 5.75 Å². The van der Waals surface area contributed by atoms with Gasteiger partial charge in [0.2, 0.25) is 0 Å². The molecule has 9 nitrogen and oxygen atoms in total. The summed E-state index contributed by atoms with van der Waals surface area (Å²) in [4.78, 5) is 44.9. The van der Waals surface area contributed by atoms with Crippen LogP contribution in [0, 0.1) is 24.6 Å². The number of aromatic amines is 1. The lowest BCUT2D eigenvalue weighted by molar-refractivity contribution is 0.201. The molecule has 0 bridgehead atoms. The maximum absolute atomic E-state index is 13.1. The Labute approximate surface area is 181 Å². The molecule has 1 aromatic carbocycles. The predicted octanol–water partition coefficient (Wildman–Crippen LogP) is 2.14. The fraction of sp³-hybridized carbons (Fsp3) is 0.364. The molecule has 2 fully saturated rings. The summed E-state index contributed by atoms with van der Waals surface area (Å²) in [7, 11) is 0. The molecular formula is C22H20FN5O4. The summed E-state index contributed by atoms with van der Waals surface area (Å²) in [5, 5.41) is 2.48. The van der Waals surface area contributed by atoms with Crippen LogP contribution in [0.1, 0.15) is 49.2 Å². The first-order chi connectivity index (χ1) is 15.4. The molecule has 0 unspecified atom stereocenters. The zero-order chi connectivity index (χ0) is 22.4. The highest BCUT2D eigenvalue weighted by molar-refractivity contribution is 5.72. The maximum Gasteiger partial charge on any atom is 0.413 e. The standard InChI is InChI=1S/C22H20FN5O4/c1-12-11-13(23)4-9-16(12)32-21(30)24-10-2-3-17-25-18-19(26-17)27(14-5-6-14)22(31)28(20(18)29)15-7-8-15/h4,9,11,14-15H,5-8,10H2,1H3,(H,24,30)(H,25,26). The van der Waals surface area contributed by atoms with Crippen LogP contribution in [0.2, 0.25) is 0 Å². The van der Waals surface area contributed by atoms with Crippen LogP contribution < -0.4 is 21.3 Å². The number of nitrogens with zero attached hydrogens (tertiary/aromatic N) is 3. The molecule has 2 heterocycles. The number of fused-ring (bicyclic) bond motifs is 1. The molecule has 1 amide bonds. The van der Waals surface area contributed by atoms with Crippen molar-refractivity contribution >= 4 is 17.3 Å². The van der Waals surface area contributed by atoms with Crippen molar-refractivity contribution < 1.29 is 13.9 Å². The molecule has 2 aliphatic rings. The second-order valence-corrected chi connectivity index (χ2v) is 8.03. The number of hydrogen-bond acceptors (Lipinski definition) is 5. The number of aromatic nitrogens is 4. The molecule has 0 aliphatic heterocycles. The van der Waals surface area contributed by atoms with Crippen LogP contribution in [0.25, 0.3) is 11.2 Å². The van der Waals surface area contributed by atoms with Crippen LogP contribution in [0.3, 0.4) is 0 Å². The first-order valence-corrected chi connectivity index (χ1v) is 10.4. The highest BCUT2D eigenvalue weighted by Crippen LogP contribution is 2.36. The van der Waals surface area contributed by atoms with Crippen molar-refractivity contribution in [1.29, 1.82) is 0 Å². The van der Waals surface area contributed by atoms with Gasteiger partial charge in [0.25, 0.3) is 5.56 Å². The van der Waals surface area contributed by atoms with Crippen LogP contribution in [0.4, 0.5) is 9.18 Å². The monoisotopic (exact) mass is 437 g/mol. The summed E-state index contributed by atoms with van der Waals surface area (Å²) in [5.41, 5.74) is 0.405. The van der Waals surface area contributed by atoms with Crippen LogP contribution in [-0.4, -0.2) is 31.7 Å². The van der Waals surface area contributed by atoms with Gasteiger partial charge in [0, 0.05) is 12.1 Å². The van der Waals surface area contributed by atoms with Gasteiger partial charge in [0.05, 0.1) is 6.54 Å².